The zero-order valence-electron chi connectivity index (χ0n) is 7.32. The van der Waals surface area contributed by atoms with Crippen LogP contribution in [0.1, 0.15) is 6.42 Å². The number of hydrogen-bond acceptors (Lipinski definition) is 2. The van der Waals surface area contributed by atoms with E-state index >= 15 is 0 Å². The molecule has 14 heavy (non-hydrogen) atoms. The molecule has 0 aliphatic heterocycles. The molecule has 0 fully saturated rings. The normalized spacial score (nSPS) is 27.4. The average molecular weight is 188 g/mol. The van der Waals surface area contributed by atoms with Gasteiger partial charge in [0.05, 0.1) is 0 Å². The molecule has 0 spiro atoms. The van der Waals surface area contributed by atoms with Crippen LogP contribution in [0.2, 0.25) is 0 Å². The molecule has 0 saturated heterocycles. The monoisotopic (exact) mass is 188 g/mol. The van der Waals surface area contributed by atoms with Gasteiger partial charge in [0.25, 0.3) is 0 Å². The van der Waals surface area contributed by atoms with Gasteiger partial charge in [-0.3, -0.25) is 4.79 Å². The molecule has 0 saturated carbocycles. The average Bonchev–Trinajstić information content (AvgIpc) is 2.70. The van der Waals surface area contributed by atoms with Crippen LogP contribution in [0.25, 0.3) is 0 Å². The molecule has 1 unspecified atom stereocenters. The van der Waals surface area contributed by atoms with Gasteiger partial charge in [-0.2, -0.15) is 0 Å². The molecule has 3 heteroatoms. The molecule has 0 aromatic rings. The Morgan fingerprint density at radius 3 is 3.00 bits per heavy atom. The second-order valence-electron chi connectivity index (χ2n) is 3.71. The van der Waals surface area contributed by atoms with E-state index in [2.05, 4.69) is 0 Å². The summed E-state index contributed by atoms with van der Waals surface area (Å²) in [6, 6.07) is 0. The first-order valence-electron chi connectivity index (χ1n) is 4.47. The Morgan fingerprint density at radius 1 is 1.50 bits per heavy atom. The highest BCUT2D eigenvalue weighted by molar-refractivity contribution is 5.84. The number of allylic oxidation sites excluding steroid dienone is 5. The van der Waals surface area contributed by atoms with Gasteiger partial charge in [0.15, 0.2) is 0 Å². The van der Waals surface area contributed by atoms with E-state index in [9.17, 15) is 9.90 Å². The third-order valence-corrected chi connectivity index (χ3v) is 2.98. The lowest BCUT2D eigenvalue weighted by atomic mass is 9.96. The Morgan fingerprint density at radius 2 is 2.29 bits per heavy atom. The van der Waals surface area contributed by atoms with E-state index in [1.54, 1.807) is 18.2 Å². The van der Waals surface area contributed by atoms with Crippen LogP contribution in [0.5, 0.6) is 0 Å². The van der Waals surface area contributed by atoms with Gasteiger partial charge >= 0.3 is 5.97 Å². The summed E-state index contributed by atoms with van der Waals surface area (Å²) in [6.07, 6.45) is 5.86. The molecule has 1 atom stereocenters. The number of hydrogen-bond donors (Lipinski definition) is 2. The Bertz CT molecular complexity index is 475. The zero-order valence-corrected chi connectivity index (χ0v) is 7.32. The molecule has 2 bridgehead atoms. The molecule has 70 valence electrons. The molecule has 0 radical (unpaired) electrons. The molecule has 0 aromatic carbocycles. The van der Waals surface area contributed by atoms with E-state index in [-0.39, 0.29) is 0 Å². The van der Waals surface area contributed by atoms with Crippen molar-refractivity contribution < 1.29 is 15.0 Å². The molecule has 0 heterocycles. The van der Waals surface area contributed by atoms with Crippen LogP contribution in [0.4, 0.5) is 0 Å². The fourth-order valence-corrected chi connectivity index (χ4v) is 2.38. The van der Waals surface area contributed by atoms with E-state index < -0.39 is 11.9 Å². The van der Waals surface area contributed by atoms with Gasteiger partial charge < -0.3 is 10.2 Å². The third kappa shape index (κ3) is 0.702. The number of carbonyl (C=O) groups is 1. The van der Waals surface area contributed by atoms with Crippen molar-refractivity contribution in [2.45, 2.75) is 6.42 Å². The SMILES string of the molecule is O=C(O)C1C=CC2=C1C1=CC(O)=C2C1. The van der Waals surface area contributed by atoms with Gasteiger partial charge in [-0.1, -0.05) is 12.2 Å². The van der Waals surface area contributed by atoms with Crippen molar-refractivity contribution in [2.24, 2.45) is 5.92 Å². The number of rotatable bonds is 1. The summed E-state index contributed by atoms with van der Waals surface area (Å²) < 4.78 is 0. The zero-order chi connectivity index (χ0) is 9.87. The predicted molar refractivity (Wildman–Crippen MR) is 49.6 cm³/mol. The summed E-state index contributed by atoms with van der Waals surface area (Å²) in [5.74, 6) is -1.03. The van der Waals surface area contributed by atoms with Crippen molar-refractivity contribution in [2.75, 3.05) is 0 Å². The molecule has 3 rings (SSSR count). The lowest BCUT2D eigenvalue weighted by Gasteiger charge is -2.09. The van der Waals surface area contributed by atoms with E-state index in [1.165, 1.54) is 0 Å². The summed E-state index contributed by atoms with van der Waals surface area (Å²) in [4.78, 5) is 10.9. The minimum Gasteiger partial charge on any atom is -0.508 e. The van der Waals surface area contributed by atoms with Crippen LogP contribution in [0.15, 0.2) is 46.3 Å². The quantitative estimate of drug-likeness (QED) is 0.658. The van der Waals surface area contributed by atoms with Crippen molar-refractivity contribution in [1.29, 1.82) is 0 Å². The number of aliphatic hydroxyl groups is 1. The standard InChI is InChI=1S/C11H8O3/c12-9-4-5-3-8(9)6-1-2-7(10(5)6)11(13)14/h1-2,4,7,12H,3H2,(H,13,14). The maximum Gasteiger partial charge on any atom is 0.314 e. The van der Waals surface area contributed by atoms with Gasteiger partial charge in [0.1, 0.15) is 11.7 Å². The first kappa shape index (κ1) is 7.62. The van der Waals surface area contributed by atoms with Gasteiger partial charge in [-0.05, 0) is 22.8 Å². The van der Waals surface area contributed by atoms with Gasteiger partial charge in [0, 0.05) is 12.0 Å². The predicted octanol–water partition coefficient (Wildman–Crippen LogP) is 1.71. The van der Waals surface area contributed by atoms with E-state index in [4.69, 9.17) is 5.11 Å². The lowest BCUT2D eigenvalue weighted by molar-refractivity contribution is -0.138. The van der Waals surface area contributed by atoms with Crippen LogP contribution in [-0.4, -0.2) is 16.2 Å². The van der Waals surface area contributed by atoms with Crippen LogP contribution in [0, 0.1) is 5.92 Å². The summed E-state index contributed by atoms with van der Waals surface area (Å²) in [5.41, 5.74) is 3.65. The fraction of sp³-hybridized carbons (Fsp3) is 0.182. The first-order valence-corrected chi connectivity index (χ1v) is 4.47. The van der Waals surface area contributed by atoms with E-state index in [0.29, 0.717) is 12.2 Å². The van der Waals surface area contributed by atoms with Gasteiger partial charge in [-0.15, -0.1) is 0 Å². The molecule has 0 amide bonds. The highest BCUT2D eigenvalue weighted by Gasteiger charge is 2.39. The van der Waals surface area contributed by atoms with Crippen LogP contribution < -0.4 is 0 Å². The maximum atomic E-state index is 10.9. The molecular formula is C11H8O3. The number of carboxylic acid groups (broad SMARTS) is 1. The van der Waals surface area contributed by atoms with Gasteiger partial charge in [-0.25, -0.2) is 0 Å². The summed E-state index contributed by atoms with van der Waals surface area (Å²) in [5, 5.41) is 18.4. The largest absolute Gasteiger partial charge is 0.508 e. The summed E-state index contributed by atoms with van der Waals surface area (Å²) >= 11 is 0. The smallest absolute Gasteiger partial charge is 0.314 e. The number of aliphatic hydroxyl groups excluding tert-OH is 1. The minimum absolute atomic E-state index is 0.300. The van der Waals surface area contributed by atoms with E-state index in [1.807, 2.05) is 0 Å². The molecule has 0 aromatic heterocycles. The first-order chi connectivity index (χ1) is 6.68. The van der Waals surface area contributed by atoms with E-state index in [0.717, 1.165) is 22.3 Å². The lowest BCUT2D eigenvalue weighted by Crippen LogP contribution is -2.12. The minimum atomic E-state index is -0.820. The van der Waals surface area contributed by atoms with Crippen LogP contribution >= 0.6 is 0 Å². The Labute approximate surface area is 80.4 Å². The topological polar surface area (TPSA) is 57.5 Å². The van der Waals surface area contributed by atoms with Gasteiger partial charge in [0.2, 0.25) is 0 Å². The Hall–Kier alpha value is -1.77. The number of fused-ring (bicyclic) bond motifs is 4. The third-order valence-electron chi connectivity index (χ3n) is 2.98. The molecular weight excluding hydrogens is 180 g/mol. The molecule has 2 N–H and O–H groups in total. The van der Waals surface area contributed by atoms with Crippen molar-refractivity contribution in [1.82, 2.24) is 0 Å². The highest BCUT2D eigenvalue weighted by atomic mass is 16.4. The second-order valence-corrected chi connectivity index (χ2v) is 3.71. The van der Waals surface area contributed by atoms with Crippen molar-refractivity contribution >= 4 is 5.97 Å². The Balaban J connectivity index is 2.16. The second kappa shape index (κ2) is 2.18. The molecule has 3 aliphatic carbocycles. The van der Waals surface area contributed by atoms with Crippen LogP contribution in [-0.2, 0) is 4.79 Å². The highest BCUT2D eigenvalue weighted by Crippen LogP contribution is 2.49. The van der Waals surface area contributed by atoms with Crippen molar-refractivity contribution in [3.63, 3.8) is 0 Å². The van der Waals surface area contributed by atoms with Crippen molar-refractivity contribution in [3.05, 3.63) is 46.3 Å². The number of aliphatic carboxylic acids is 1. The fourth-order valence-electron chi connectivity index (χ4n) is 2.38. The van der Waals surface area contributed by atoms with Crippen molar-refractivity contribution in [3.8, 4) is 0 Å². The van der Waals surface area contributed by atoms with Crippen LogP contribution in [0.3, 0.4) is 0 Å². The summed E-state index contributed by atoms with van der Waals surface area (Å²) in [6.45, 7) is 0. The molecule has 3 nitrogen and oxygen atoms in total. The maximum absolute atomic E-state index is 10.9. The summed E-state index contributed by atoms with van der Waals surface area (Å²) in [7, 11) is 0. The molecule has 3 aliphatic rings. The Kier molecular flexibility index (Phi) is 1.18. The number of carboxylic acids is 1.